The molecule has 5 rings (SSSR count). The van der Waals surface area contributed by atoms with Gasteiger partial charge in [-0.1, -0.05) is 18.2 Å². The standard InChI is InChI=1S/C25H16F6N4O/c1-34-13-32-33-22(34)17-9-8-15(24(26,27)28)11-19(17)14-4-2-5-16(10-14)35-12-20-18(23(35)36)6-3-7-21(20)25(29,30)31/h2-11,13H,12H2,1H3. The summed E-state index contributed by atoms with van der Waals surface area (Å²) in [5.41, 5.74) is -0.839. The lowest BCUT2D eigenvalue weighted by Crippen LogP contribution is -2.23. The van der Waals surface area contributed by atoms with Crippen LogP contribution in [0.15, 0.2) is 67.0 Å². The van der Waals surface area contributed by atoms with Gasteiger partial charge in [-0.25, -0.2) is 0 Å². The molecule has 0 bridgehead atoms. The highest BCUT2D eigenvalue weighted by molar-refractivity contribution is 6.10. The van der Waals surface area contributed by atoms with E-state index in [0.29, 0.717) is 17.0 Å². The van der Waals surface area contributed by atoms with E-state index in [1.807, 2.05) is 0 Å². The van der Waals surface area contributed by atoms with Gasteiger partial charge in [0.1, 0.15) is 6.33 Å². The highest BCUT2D eigenvalue weighted by atomic mass is 19.4. The number of alkyl halides is 6. The zero-order valence-electron chi connectivity index (χ0n) is 18.5. The summed E-state index contributed by atoms with van der Waals surface area (Å²) in [6.45, 7) is -0.313. The summed E-state index contributed by atoms with van der Waals surface area (Å²) < 4.78 is 82.6. The van der Waals surface area contributed by atoms with E-state index < -0.39 is 29.4 Å². The topological polar surface area (TPSA) is 51.0 Å². The van der Waals surface area contributed by atoms with Gasteiger partial charge in [0.05, 0.1) is 17.7 Å². The number of fused-ring (bicyclic) bond motifs is 1. The second kappa shape index (κ2) is 8.21. The number of rotatable bonds is 3. The summed E-state index contributed by atoms with van der Waals surface area (Å²) >= 11 is 0. The fourth-order valence-corrected chi connectivity index (χ4v) is 4.33. The fourth-order valence-electron chi connectivity index (χ4n) is 4.33. The Morgan fingerprint density at radius 3 is 2.25 bits per heavy atom. The first-order chi connectivity index (χ1) is 16.9. The first kappa shape index (κ1) is 23.6. The lowest BCUT2D eigenvalue weighted by molar-refractivity contribution is -0.138. The SMILES string of the molecule is Cn1cnnc1-c1ccc(C(F)(F)F)cc1-c1cccc(N2Cc3c(cccc3C(F)(F)F)C2=O)c1. The molecule has 0 N–H and O–H groups in total. The molecule has 0 saturated heterocycles. The van der Waals surface area contributed by atoms with Crippen LogP contribution >= 0.6 is 0 Å². The summed E-state index contributed by atoms with van der Waals surface area (Å²) in [4.78, 5) is 14.2. The Morgan fingerprint density at radius 1 is 0.833 bits per heavy atom. The molecule has 1 aliphatic rings. The van der Waals surface area contributed by atoms with Gasteiger partial charge >= 0.3 is 12.4 Å². The summed E-state index contributed by atoms with van der Waals surface area (Å²) in [5, 5.41) is 7.79. The van der Waals surface area contributed by atoms with E-state index in [0.717, 1.165) is 18.2 Å². The van der Waals surface area contributed by atoms with Crippen molar-refractivity contribution in [2.24, 2.45) is 7.05 Å². The molecule has 0 atom stereocenters. The van der Waals surface area contributed by atoms with E-state index in [4.69, 9.17) is 0 Å². The van der Waals surface area contributed by atoms with Crippen molar-refractivity contribution in [1.29, 1.82) is 0 Å². The Hall–Kier alpha value is -4.15. The van der Waals surface area contributed by atoms with Gasteiger partial charge in [0.2, 0.25) is 0 Å². The van der Waals surface area contributed by atoms with E-state index >= 15 is 0 Å². The lowest BCUT2D eigenvalue weighted by Gasteiger charge is -2.19. The predicted octanol–water partition coefficient (Wildman–Crippen LogP) is 6.35. The Kier molecular flexibility index (Phi) is 5.38. The average molecular weight is 502 g/mol. The Bertz CT molecular complexity index is 1490. The van der Waals surface area contributed by atoms with Crippen LogP contribution in [0.25, 0.3) is 22.5 Å². The zero-order chi connectivity index (χ0) is 25.8. The van der Waals surface area contributed by atoms with Gasteiger partial charge in [-0.15, -0.1) is 10.2 Å². The van der Waals surface area contributed by atoms with Crippen LogP contribution in [0.2, 0.25) is 0 Å². The number of anilines is 1. The molecule has 0 unspecified atom stereocenters. The maximum Gasteiger partial charge on any atom is 0.416 e. The smallest absolute Gasteiger partial charge is 0.317 e. The molecule has 5 nitrogen and oxygen atoms in total. The molecule has 4 aromatic rings. The highest BCUT2D eigenvalue weighted by Crippen LogP contribution is 2.41. The molecule has 2 heterocycles. The van der Waals surface area contributed by atoms with E-state index in [9.17, 15) is 31.1 Å². The summed E-state index contributed by atoms with van der Waals surface area (Å²) in [7, 11) is 1.64. The fraction of sp³-hybridized carbons (Fsp3) is 0.160. The summed E-state index contributed by atoms with van der Waals surface area (Å²) in [6.07, 6.45) is -7.83. The van der Waals surface area contributed by atoms with Crippen LogP contribution in [0.5, 0.6) is 0 Å². The first-order valence-electron chi connectivity index (χ1n) is 10.6. The second-order valence-electron chi connectivity index (χ2n) is 8.29. The van der Waals surface area contributed by atoms with Crippen molar-refractivity contribution < 1.29 is 31.1 Å². The van der Waals surface area contributed by atoms with Crippen LogP contribution in [-0.2, 0) is 25.9 Å². The van der Waals surface area contributed by atoms with Crippen LogP contribution in [0.4, 0.5) is 32.0 Å². The minimum Gasteiger partial charge on any atom is -0.317 e. The number of benzene rings is 3. The number of carbonyl (C=O) groups excluding carboxylic acids is 1. The molecule has 0 radical (unpaired) electrons. The van der Waals surface area contributed by atoms with E-state index in [-0.39, 0.29) is 28.9 Å². The van der Waals surface area contributed by atoms with Crippen LogP contribution in [-0.4, -0.2) is 20.7 Å². The molecular weight excluding hydrogens is 486 g/mol. The van der Waals surface area contributed by atoms with Crippen molar-refractivity contribution in [2.45, 2.75) is 18.9 Å². The van der Waals surface area contributed by atoms with Gasteiger partial charge in [0.25, 0.3) is 5.91 Å². The normalized spacial score (nSPS) is 13.9. The van der Waals surface area contributed by atoms with Crippen molar-refractivity contribution in [3.63, 3.8) is 0 Å². The van der Waals surface area contributed by atoms with Crippen molar-refractivity contribution in [3.05, 3.63) is 89.2 Å². The Morgan fingerprint density at radius 2 is 1.58 bits per heavy atom. The van der Waals surface area contributed by atoms with Crippen molar-refractivity contribution in [2.75, 3.05) is 4.90 Å². The predicted molar refractivity (Wildman–Crippen MR) is 119 cm³/mol. The quantitative estimate of drug-likeness (QED) is 0.307. The van der Waals surface area contributed by atoms with Crippen LogP contribution in [0.1, 0.15) is 27.0 Å². The van der Waals surface area contributed by atoms with Crippen LogP contribution < -0.4 is 4.90 Å². The molecule has 1 amide bonds. The molecule has 3 aromatic carbocycles. The number of aryl methyl sites for hydroxylation is 1. The molecule has 11 heteroatoms. The van der Waals surface area contributed by atoms with E-state index in [1.54, 1.807) is 17.7 Å². The number of hydrogen-bond donors (Lipinski definition) is 0. The number of amides is 1. The van der Waals surface area contributed by atoms with E-state index in [1.165, 1.54) is 47.6 Å². The minimum absolute atomic E-state index is 0.0610. The molecule has 0 fully saturated rings. The number of carbonyl (C=O) groups is 1. The van der Waals surface area contributed by atoms with Crippen molar-refractivity contribution in [3.8, 4) is 22.5 Å². The number of nitrogens with zero attached hydrogens (tertiary/aromatic N) is 4. The summed E-state index contributed by atoms with van der Waals surface area (Å²) in [6, 6.07) is 12.7. The lowest BCUT2D eigenvalue weighted by atomic mass is 9.96. The van der Waals surface area contributed by atoms with Crippen molar-refractivity contribution >= 4 is 11.6 Å². The molecule has 184 valence electrons. The monoisotopic (exact) mass is 502 g/mol. The third-order valence-corrected chi connectivity index (χ3v) is 6.04. The number of aromatic nitrogens is 3. The van der Waals surface area contributed by atoms with Gasteiger partial charge in [-0.05, 0) is 59.2 Å². The third kappa shape index (κ3) is 4.00. The molecular formula is C25H16F6N4O. The molecule has 1 aromatic heterocycles. The molecule has 1 aliphatic heterocycles. The second-order valence-corrected chi connectivity index (χ2v) is 8.29. The maximum absolute atomic E-state index is 13.5. The van der Waals surface area contributed by atoms with Gasteiger partial charge < -0.3 is 9.47 Å². The van der Waals surface area contributed by atoms with Crippen LogP contribution in [0, 0.1) is 0 Å². The molecule has 0 spiro atoms. The zero-order valence-corrected chi connectivity index (χ0v) is 18.5. The number of hydrogen-bond acceptors (Lipinski definition) is 3. The highest BCUT2D eigenvalue weighted by Gasteiger charge is 2.39. The van der Waals surface area contributed by atoms with Gasteiger partial charge in [-0.3, -0.25) is 4.79 Å². The Balaban J connectivity index is 1.61. The average Bonchev–Trinajstić information content (AvgIpc) is 3.40. The molecule has 0 aliphatic carbocycles. The Labute approximate surface area is 200 Å². The molecule has 36 heavy (non-hydrogen) atoms. The van der Waals surface area contributed by atoms with Crippen molar-refractivity contribution in [1.82, 2.24) is 14.8 Å². The van der Waals surface area contributed by atoms with Gasteiger partial charge in [-0.2, -0.15) is 26.3 Å². The first-order valence-corrected chi connectivity index (χ1v) is 10.6. The largest absolute Gasteiger partial charge is 0.416 e. The van der Waals surface area contributed by atoms with Gasteiger partial charge in [0.15, 0.2) is 5.82 Å². The maximum atomic E-state index is 13.5. The molecule has 0 saturated carbocycles. The van der Waals surface area contributed by atoms with E-state index in [2.05, 4.69) is 10.2 Å². The van der Waals surface area contributed by atoms with Crippen LogP contribution in [0.3, 0.4) is 0 Å². The third-order valence-electron chi connectivity index (χ3n) is 6.04. The van der Waals surface area contributed by atoms with Gasteiger partial charge in [0, 0.05) is 23.9 Å². The summed E-state index contributed by atoms with van der Waals surface area (Å²) in [5.74, 6) is -0.297. The minimum atomic E-state index is -4.63. The number of halogens is 6.